The van der Waals surface area contributed by atoms with Gasteiger partial charge in [-0.25, -0.2) is 9.97 Å². The van der Waals surface area contributed by atoms with E-state index in [-0.39, 0.29) is 0 Å². The largest absolute Gasteiger partial charge is 0.370 e. The molecule has 20 heavy (non-hydrogen) atoms. The molecule has 0 radical (unpaired) electrons. The molecule has 4 nitrogen and oxygen atoms in total. The zero-order valence-electron chi connectivity index (χ0n) is 12.0. The van der Waals surface area contributed by atoms with E-state index in [9.17, 15) is 0 Å². The molecule has 0 aliphatic rings. The summed E-state index contributed by atoms with van der Waals surface area (Å²) in [5, 5.41) is 5.42. The summed E-state index contributed by atoms with van der Waals surface area (Å²) in [5.41, 5.74) is 1.28. The Morgan fingerprint density at radius 3 is 2.70 bits per heavy atom. The van der Waals surface area contributed by atoms with Crippen LogP contribution in [0, 0.1) is 0 Å². The molecule has 0 fully saturated rings. The SMILES string of the molecule is CCNc1cc(N(C)Cc2csc(Br)c2)nc(CC)n1. The van der Waals surface area contributed by atoms with Crippen molar-refractivity contribution in [2.45, 2.75) is 26.8 Å². The van der Waals surface area contributed by atoms with Crippen LogP contribution >= 0.6 is 27.3 Å². The third-order valence-electron chi connectivity index (χ3n) is 2.87. The molecule has 0 spiro atoms. The molecule has 0 amide bonds. The normalized spacial score (nSPS) is 10.6. The van der Waals surface area contributed by atoms with Gasteiger partial charge in [-0.3, -0.25) is 0 Å². The summed E-state index contributed by atoms with van der Waals surface area (Å²) in [7, 11) is 2.06. The van der Waals surface area contributed by atoms with E-state index in [0.717, 1.165) is 40.8 Å². The predicted molar refractivity (Wildman–Crippen MR) is 89.7 cm³/mol. The molecule has 0 atom stereocenters. The number of hydrogen-bond acceptors (Lipinski definition) is 5. The maximum atomic E-state index is 4.60. The minimum Gasteiger partial charge on any atom is -0.370 e. The highest BCUT2D eigenvalue weighted by molar-refractivity contribution is 9.11. The Hall–Kier alpha value is -1.14. The van der Waals surface area contributed by atoms with Crippen molar-refractivity contribution >= 4 is 38.9 Å². The van der Waals surface area contributed by atoms with E-state index in [1.165, 1.54) is 5.56 Å². The van der Waals surface area contributed by atoms with E-state index in [1.54, 1.807) is 11.3 Å². The van der Waals surface area contributed by atoms with E-state index >= 15 is 0 Å². The van der Waals surface area contributed by atoms with Crippen molar-refractivity contribution in [3.8, 4) is 0 Å². The lowest BCUT2D eigenvalue weighted by atomic mass is 10.3. The molecule has 0 saturated carbocycles. The highest BCUT2D eigenvalue weighted by atomic mass is 79.9. The Morgan fingerprint density at radius 2 is 2.10 bits per heavy atom. The first-order valence-corrected chi connectivity index (χ1v) is 8.35. The second kappa shape index (κ2) is 7.04. The van der Waals surface area contributed by atoms with Crippen molar-refractivity contribution in [1.29, 1.82) is 0 Å². The van der Waals surface area contributed by atoms with E-state index in [2.05, 4.69) is 68.5 Å². The molecule has 2 aromatic heterocycles. The van der Waals surface area contributed by atoms with Crippen LogP contribution < -0.4 is 10.2 Å². The average molecular weight is 355 g/mol. The van der Waals surface area contributed by atoms with Gasteiger partial charge in [0, 0.05) is 32.6 Å². The molecule has 2 aromatic rings. The molecule has 0 saturated heterocycles. The van der Waals surface area contributed by atoms with E-state index in [4.69, 9.17) is 0 Å². The van der Waals surface area contributed by atoms with Crippen molar-refractivity contribution in [2.75, 3.05) is 23.8 Å². The second-order valence-electron chi connectivity index (χ2n) is 4.53. The van der Waals surface area contributed by atoms with Gasteiger partial charge in [0.05, 0.1) is 3.79 Å². The average Bonchev–Trinajstić information content (AvgIpc) is 2.84. The first kappa shape index (κ1) is 15.3. The highest BCUT2D eigenvalue weighted by Gasteiger charge is 2.09. The van der Waals surface area contributed by atoms with Crippen LogP contribution in [0.4, 0.5) is 11.6 Å². The van der Waals surface area contributed by atoms with Gasteiger partial charge in [-0.05, 0) is 39.9 Å². The van der Waals surface area contributed by atoms with Gasteiger partial charge in [0.2, 0.25) is 0 Å². The fourth-order valence-corrected chi connectivity index (χ4v) is 3.09. The maximum Gasteiger partial charge on any atom is 0.134 e. The van der Waals surface area contributed by atoms with E-state index < -0.39 is 0 Å². The standard InChI is InChI=1S/C14H19BrN4S/c1-4-12-17-13(16-5-2)7-14(18-12)19(3)8-10-6-11(15)20-9-10/h6-7,9H,4-5,8H2,1-3H3,(H,16,17,18). The lowest BCUT2D eigenvalue weighted by molar-refractivity contribution is 0.860. The number of rotatable bonds is 6. The Kier molecular flexibility index (Phi) is 5.37. The number of thiophene rings is 1. The van der Waals surface area contributed by atoms with Crippen LogP contribution in [0.25, 0.3) is 0 Å². The first-order valence-electron chi connectivity index (χ1n) is 6.68. The molecule has 2 heterocycles. The zero-order valence-corrected chi connectivity index (χ0v) is 14.4. The quantitative estimate of drug-likeness (QED) is 0.852. The summed E-state index contributed by atoms with van der Waals surface area (Å²) in [5.74, 6) is 2.72. The van der Waals surface area contributed by atoms with Crippen LogP contribution in [0.3, 0.4) is 0 Å². The van der Waals surface area contributed by atoms with Gasteiger partial charge in [-0.2, -0.15) is 0 Å². The van der Waals surface area contributed by atoms with Crippen molar-refractivity contribution in [1.82, 2.24) is 9.97 Å². The van der Waals surface area contributed by atoms with Crippen LogP contribution in [0.2, 0.25) is 0 Å². The molecule has 0 aliphatic heterocycles. The van der Waals surface area contributed by atoms with Crippen LogP contribution in [-0.2, 0) is 13.0 Å². The minimum absolute atomic E-state index is 0.837. The Morgan fingerprint density at radius 1 is 1.30 bits per heavy atom. The number of halogens is 1. The molecule has 108 valence electrons. The molecule has 6 heteroatoms. The summed E-state index contributed by atoms with van der Waals surface area (Å²) in [4.78, 5) is 11.2. The summed E-state index contributed by atoms with van der Waals surface area (Å²) in [6.45, 7) is 5.85. The first-order chi connectivity index (χ1) is 9.62. The van der Waals surface area contributed by atoms with Gasteiger partial charge in [0.15, 0.2) is 0 Å². The number of hydrogen-bond donors (Lipinski definition) is 1. The van der Waals surface area contributed by atoms with Crippen LogP contribution in [-0.4, -0.2) is 23.6 Å². The smallest absolute Gasteiger partial charge is 0.134 e. The minimum atomic E-state index is 0.837. The van der Waals surface area contributed by atoms with E-state index in [1.807, 2.05) is 6.07 Å². The van der Waals surface area contributed by atoms with Crippen LogP contribution in [0.15, 0.2) is 21.3 Å². The fraction of sp³-hybridized carbons (Fsp3) is 0.429. The van der Waals surface area contributed by atoms with Crippen molar-refractivity contribution < 1.29 is 0 Å². The molecule has 0 aliphatic carbocycles. The molecular formula is C14H19BrN4S. The Labute approximate surface area is 132 Å². The van der Waals surface area contributed by atoms with Gasteiger partial charge in [0.1, 0.15) is 17.5 Å². The fourth-order valence-electron chi connectivity index (χ4n) is 1.89. The van der Waals surface area contributed by atoms with Crippen molar-refractivity contribution in [2.24, 2.45) is 0 Å². The molecule has 0 unspecified atom stereocenters. The van der Waals surface area contributed by atoms with Crippen molar-refractivity contribution in [3.63, 3.8) is 0 Å². The van der Waals surface area contributed by atoms with Gasteiger partial charge in [-0.1, -0.05) is 6.92 Å². The predicted octanol–water partition coefficient (Wildman–Crippen LogP) is 3.93. The van der Waals surface area contributed by atoms with Gasteiger partial charge >= 0.3 is 0 Å². The van der Waals surface area contributed by atoms with E-state index in [0.29, 0.717) is 0 Å². The monoisotopic (exact) mass is 354 g/mol. The molecule has 0 bridgehead atoms. The topological polar surface area (TPSA) is 41.0 Å². The van der Waals surface area contributed by atoms with Gasteiger partial charge in [-0.15, -0.1) is 11.3 Å². The number of aromatic nitrogens is 2. The maximum absolute atomic E-state index is 4.60. The highest BCUT2D eigenvalue weighted by Crippen LogP contribution is 2.23. The molecule has 1 N–H and O–H groups in total. The third kappa shape index (κ3) is 3.93. The summed E-state index contributed by atoms with van der Waals surface area (Å²) in [6, 6.07) is 4.15. The van der Waals surface area contributed by atoms with Crippen LogP contribution in [0.5, 0.6) is 0 Å². The molecular weight excluding hydrogens is 336 g/mol. The molecule has 0 aromatic carbocycles. The van der Waals surface area contributed by atoms with Gasteiger partial charge in [0.25, 0.3) is 0 Å². The van der Waals surface area contributed by atoms with Gasteiger partial charge < -0.3 is 10.2 Å². The number of anilines is 2. The Balaban J connectivity index is 2.19. The number of nitrogens with one attached hydrogen (secondary N) is 1. The number of aryl methyl sites for hydroxylation is 1. The lowest BCUT2D eigenvalue weighted by Crippen LogP contribution is -2.19. The lowest BCUT2D eigenvalue weighted by Gasteiger charge is -2.19. The Bertz CT molecular complexity index is 570. The molecule has 2 rings (SSSR count). The van der Waals surface area contributed by atoms with Crippen molar-refractivity contribution in [3.05, 3.63) is 32.7 Å². The summed E-state index contributed by atoms with van der Waals surface area (Å²) >= 11 is 5.20. The number of nitrogens with zero attached hydrogens (tertiary/aromatic N) is 3. The third-order valence-corrected chi connectivity index (χ3v) is 4.42. The summed E-state index contributed by atoms with van der Waals surface area (Å²) < 4.78 is 1.16. The second-order valence-corrected chi connectivity index (χ2v) is 6.82. The zero-order chi connectivity index (χ0) is 14.5. The summed E-state index contributed by atoms with van der Waals surface area (Å²) in [6.07, 6.45) is 0.837. The van der Waals surface area contributed by atoms with Crippen LogP contribution in [0.1, 0.15) is 25.2 Å².